The zero-order chi connectivity index (χ0) is 18.0. The summed E-state index contributed by atoms with van der Waals surface area (Å²) in [5.41, 5.74) is 4.19. The molecule has 2 heteroatoms. The second-order valence-electron chi connectivity index (χ2n) is 7.40. The van der Waals surface area contributed by atoms with Crippen molar-refractivity contribution in [2.75, 3.05) is 6.54 Å². The Bertz CT molecular complexity index is 803. The van der Waals surface area contributed by atoms with Crippen LogP contribution in [-0.2, 0) is 12.0 Å². The molecule has 0 aromatic heterocycles. The van der Waals surface area contributed by atoms with Crippen LogP contribution in [0.15, 0.2) is 84.9 Å². The quantitative estimate of drug-likeness (QED) is 0.557. The molecule has 0 aliphatic carbocycles. The number of likely N-dealkylation sites (tertiary alicyclic amines) is 1. The van der Waals surface area contributed by atoms with Crippen LogP contribution >= 0.6 is 11.6 Å². The predicted octanol–water partition coefficient (Wildman–Crippen LogP) is 5.92. The summed E-state index contributed by atoms with van der Waals surface area (Å²) in [5.74, 6) is 0. The van der Waals surface area contributed by atoms with Crippen molar-refractivity contribution in [3.05, 3.63) is 107 Å². The van der Waals surface area contributed by atoms with E-state index in [4.69, 9.17) is 11.6 Å². The number of halogens is 1. The van der Waals surface area contributed by atoms with E-state index in [9.17, 15) is 0 Å². The van der Waals surface area contributed by atoms with Gasteiger partial charge in [0.15, 0.2) is 0 Å². The minimum absolute atomic E-state index is 0.0500. The van der Waals surface area contributed by atoms with Crippen molar-refractivity contribution in [2.45, 2.75) is 31.3 Å². The molecule has 26 heavy (non-hydrogen) atoms. The Balaban J connectivity index is 1.69. The standard InChI is InChI=1S/C24H24ClN/c1-19-16-24(21-8-4-2-5-9-21,22-10-6-3-7-11-22)18-26(19)17-20-12-14-23(25)15-13-20/h2-15,19H,16-18H2,1H3. The molecule has 1 nitrogen and oxygen atoms in total. The van der Waals surface area contributed by atoms with Crippen molar-refractivity contribution < 1.29 is 0 Å². The monoisotopic (exact) mass is 361 g/mol. The van der Waals surface area contributed by atoms with Crippen LogP contribution in [0.1, 0.15) is 30.0 Å². The molecule has 1 fully saturated rings. The molecule has 0 radical (unpaired) electrons. The molecule has 1 aliphatic heterocycles. The van der Waals surface area contributed by atoms with Crippen LogP contribution in [0.2, 0.25) is 5.02 Å². The molecule has 0 saturated carbocycles. The largest absolute Gasteiger partial charge is 0.295 e. The van der Waals surface area contributed by atoms with Gasteiger partial charge in [-0.1, -0.05) is 84.4 Å². The lowest BCUT2D eigenvalue weighted by Crippen LogP contribution is -2.32. The molecule has 0 N–H and O–H groups in total. The average Bonchev–Trinajstić information content (AvgIpc) is 3.02. The van der Waals surface area contributed by atoms with E-state index in [-0.39, 0.29) is 5.41 Å². The minimum Gasteiger partial charge on any atom is -0.295 e. The van der Waals surface area contributed by atoms with Crippen LogP contribution in [0.5, 0.6) is 0 Å². The van der Waals surface area contributed by atoms with E-state index in [1.54, 1.807) is 0 Å². The smallest absolute Gasteiger partial charge is 0.0406 e. The van der Waals surface area contributed by atoms with Crippen molar-refractivity contribution >= 4 is 11.6 Å². The topological polar surface area (TPSA) is 3.24 Å². The van der Waals surface area contributed by atoms with E-state index in [1.165, 1.54) is 16.7 Å². The SMILES string of the molecule is CC1CC(c2ccccc2)(c2ccccc2)CN1Cc1ccc(Cl)cc1. The number of hydrogen-bond donors (Lipinski definition) is 0. The molecule has 132 valence electrons. The van der Waals surface area contributed by atoms with Crippen molar-refractivity contribution in [3.8, 4) is 0 Å². The third-order valence-electron chi connectivity index (χ3n) is 5.69. The Labute approximate surface area is 161 Å². The highest BCUT2D eigenvalue weighted by Gasteiger charge is 2.44. The van der Waals surface area contributed by atoms with E-state index < -0.39 is 0 Å². The van der Waals surface area contributed by atoms with Crippen molar-refractivity contribution in [3.63, 3.8) is 0 Å². The van der Waals surface area contributed by atoms with Crippen molar-refractivity contribution in [2.24, 2.45) is 0 Å². The maximum atomic E-state index is 6.05. The molecule has 1 saturated heterocycles. The first-order valence-corrected chi connectivity index (χ1v) is 9.65. The first kappa shape index (κ1) is 17.3. The first-order valence-electron chi connectivity index (χ1n) is 9.27. The highest BCUT2D eigenvalue weighted by atomic mass is 35.5. The van der Waals surface area contributed by atoms with E-state index in [2.05, 4.69) is 84.6 Å². The van der Waals surface area contributed by atoms with Gasteiger partial charge in [0, 0.05) is 29.6 Å². The van der Waals surface area contributed by atoms with Gasteiger partial charge in [0.25, 0.3) is 0 Å². The van der Waals surface area contributed by atoms with Gasteiger partial charge in [0.1, 0.15) is 0 Å². The summed E-state index contributed by atoms with van der Waals surface area (Å²) in [4.78, 5) is 2.60. The lowest BCUT2D eigenvalue weighted by molar-refractivity contribution is 0.255. The third kappa shape index (κ3) is 3.30. The Morgan fingerprint density at radius 2 is 1.38 bits per heavy atom. The van der Waals surface area contributed by atoms with Crippen LogP contribution in [0, 0.1) is 0 Å². The van der Waals surface area contributed by atoms with Gasteiger partial charge >= 0.3 is 0 Å². The van der Waals surface area contributed by atoms with Crippen LogP contribution in [0.4, 0.5) is 0 Å². The van der Waals surface area contributed by atoms with E-state index >= 15 is 0 Å². The average molecular weight is 362 g/mol. The van der Waals surface area contributed by atoms with Gasteiger partial charge in [-0.05, 0) is 42.2 Å². The van der Waals surface area contributed by atoms with E-state index in [1.807, 2.05) is 12.1 Å². The lowest BCUT2D eigenvalue weighted by Gasteiger charge is -2.31. The molecule has 1 heterocycles. The van der Waals surface area contributed by atoms with Crippen molar-refractivity contribution in [1.29, 1.82) is 0 Å². The van der Waals surface area contributed by atoms with Gasteiger partial charge in [0.2, 0.25) is 0 Å². The first-order chi connectivity index (χ1) is 12.7. The second-order valence-corrected chi connectivity index (χ2v) is 7.84. The Hall–Kier alpha value is -2.09. The predicted molar refractivity (Wildman–Crippen MR) is 110 cm³/mol. The molecule has 1 aliphatic rings. The Kier molecular flexibility index (Phi) is 4.84. The summed E-state index contributed by atoms with van der Waals surface area (Å²) in [6, 6.07) is 30.7. The third-order valence-corrected chi connectivity index (χ3v) is 5.94. The fraction of sp³-hybridized carbons (Fsp3) is 0.250. The number of benzene rings is 3. The number of hydrogen-bond acceptors (Lipinski definition) is 1. The second kappa shape index (κ2) is 7.26. The summed E-state index contributed by atoms with van der Waals surface area (Å²) < 4.78 is 0. The zero-order valence-electron chi connectivity index (χ0n) is 15.1. The normalized spacial score (nSPS) is 19.5. The van der Waals surface area contributed by atoms with Gasteiger partial charge in [0.05, 0.1) is 0 Å². The van der Waals surface area contributed by atoms with Gasteiger partial charge in [-0.25, -0.2) is 0 Å². The molecule has 0 bridgehead atoms. The van der Waals surface area contributed by atoms with E-state index in [0.717, 1.165) is 24.5 Å². The van der Waals surface area contributed by atoms with Crippen LogP contribution < -0.4 is 0 Å². The van der Waals surface area contributed by atoms with Crippen LogP contribution in [0.25, 0.3) is 0 Å². The Morgan fingerprint density at radius 1 is 0.846 bits per heavy atom. The molecular weight excluding hydrogens is 338 g/mol. The van der Waals surface area contributed by atoms with E-state index in [0.29, 0.717) is 6.04 Å². The van der Waals surface area contributed by atoms with Crippen LogP contribution in [-0.4, -0.2) is 17.5 Å². The maximum absolute atomic E-state index is 6.05. The van der Waals surface area contributed by atoms with Gasteiger partial charge in [-0.15, -0.1) is 0 Å². The molecule has 4 rings (SSSR count). The minimum atomic E-state index is 0.0500. The molecule has 3 aromatic carbocycles. The summed E-state index contributed by atoms with van der Waals surface area (Å²) in [7, 11) is 0. The van der Waals surface area contributed by atoms with Gasteiger partial charge in [-0.3, -0.25) is 4.90 Å². The zero-order valence-corrected chi connectivity index (χ0v) is 15.9. The number of rotatable bonds is 4. The summed E-state index contributed by atoms with van der Waals surface area (Å²) in [6.07, 6.45) is 1.13. The van der Waals surface area contributed by atoms with Crippen molar-refractivity contribution in [1.82, 2.24) is 4.90 Å². The molecule has 1 atom stereocenters. The molecule has 0 amide bonds. The van der Waals surface area contributed by atoms with Gasteiger partial charge in [-0.2, -0.15) is 0 Å². The molecule has 0 spiro atoms. The Morgan fingerprint density at radius 3 is 1.92 bits per heavy atom. The molecule has 1 unspecified atom stereocenters. The highest BCUT2D eigenvalue weighted by molar-refractivity contribution is 6.30. The summed E-state index contributed by atoms with van der Waals surface area (Å²) in [6.45, 7) is 4.34. The molecule has 3 aromatic rings. The fourth-order valence-corrected chi connectivity index (χ4v) is 4.46. The summed E-state index contributed by atoms with van der Waals surface area (Å²) in [5, 5.41) is 0.797. The maximum Gasteiger partial charge on any atom is 0.0406 e. The highest BCUT2D eigenvalue weighted by Crippen LogP contribution is 2.44. The van der Waals surface area contributed by atoms with Crippen LogP contribution in [0.3, 0.4) is 0 Å². The molecular formula is C24H24ClN. The van der Waals surface area contributed by atoms with Gasteiger partial charge < -0.3 is 0 Å². The lowest BCUT2D eigenvalue weighted by atomic mass is 9.73. The summed E-state index contributed by atoms with van der Waals surface area (Å²) >= 11 is 6.05. The fourth-order valence-electron chi connectivity index (χ4n) is 4.34. The number of nitrogens with zero attached hydrogens (tertiary/aromatic N) is 1.